The minimum absolute atomic E-state index is 0.0343. The highest BCUT2D eigenvalue weighted by atomic mass is 19.1. The average molecular weight is 561 g/mol. The number of halogens is 1. The van der Waals surface area contributed by atoms with Crippen LogP contribution in [-0.4, -0.2) is 34.3 Å². The van der Waals surface area contributed by atoms with Crippen molar-refractivity contribution in [2.45, 2.75) is 85.5 Å². The number of hydrogen-bond donors (Lipinski definition) is 2. The number of carboxylic acid groups (broad SMARTS) is 1. The third-order valence-corrected chi connectivity index (χ3v) is 7.00. The molecule has 0 saturated carbocycles. The molecule has 0 spiro atoms. The highest BCUT2D eigenvalue weighted by Crippen LogP contribution is 2.25. The zero-order valence-electron chi connectivity index (χ0n) is 25.4. The predicted octanol–water partition coefficient (Wildman–Crippen LogP) is 8.22. The molecule has 0 unspecified atom stereocenters. The summed E-state index contributed by atoms with van der Waals surface area (Å²) in [5.41, 5.74) is 6.01. The third kappa shape index (κ3) is 10.6. The summed E-state index contributed by atoms with van der Waals surface area (Å²) in [4.78, 5) is 24.3. The molecule has 0 aliphatic rings. The molecule has 0 fully saturated rings. The fraction of sp³-hybridized carbons (Fsp3) is 0.400. The molecule has 0 aliphatic heterocycles. The number of carbonyl (C=O) groups is 2. The van der Waals surface area contributed by atoms with E-state index in [4.69, 9.17) is 10.5 Å². The summed E-state index contributed by atoms with van der Waals surface area (Å²) >= 11 is 0. The van der Waals surface area contributed by atoms with Gasteiger partial charge in [-0.1, -0.05) is 89.2 Å². The molecule has 0 heterocycles. The third-order valence-electron chi connectivity index (χ3n) is 7.00. The van der Waals surface area contributed by atoms with Crippen molar-refractivity contribution in [3.05, 3.63) is 94.8 Å². The lowest BCUT2D eigenvalue weighted by Crippen LogP contribution is -2.35. The van der Waals surface area contributed by atoms with Crippen LogP contribution in [0, 0.1) is 11.2 Å². The van der Waals surface area contributed by atoms with Crippen LogP contribution >= 0.6 is 0 Å². The zero-order valence-corrected chi connectivity index (χ0v) is 25.4. The lowest BCUT2D eigenvalue weighted by atomic mass is 9.86. The number of benzene rings is 3. The van der Waals surface area contributed by atoms with Crippen molar-refractivity contribution in [1.29, 1.82) is 5.41 Å². The summed E-state index contributed by atoms with van der Waals surface area (Å²) in [6, 6.07) is 21.2. The Morgan fingerprint density at radius 2 is 1.56 bits per heavy atom. The highest BCUT2D eigenvalue weighted by molar-refractivity contribution is 5.96. The van der Waals surface area contributed by atoms with Crippen LogP contribution in [0.1, 0.15) is 83.1 Å². The van der Waals surface area contributed by atoms with Crippen molar-refractivity contribution >= 4 is 17.7 Å². The van der Waals surface area contributed by atoms with Crippen LogP contribution in [0.25, 0.3) is 11.1 Å². The van der Waals surface area contributed by atoms with E-state index in [1.165, 1.54) is 22.1 Å². The van der Waals surface area contributed by atoms with E-state index >= 15 is 0 Å². The number of carbonyl (C=O) groups excluding carboxylic acids is 1. The number of aryl methyl sites for hydroxylation is 2. The Morgan fingerprint density at radius 1 is 0.902 bits per heavy atom. The molecule has 0 radical (unpaired) electrons. The van der Waals surface area contributed by atoms with E-state index in [2.05, 4.69) is 52.0 Å². The molecule has 0 bridgehead atoms. The van der Waals surface area contributed by atoms with Gasteiger partial charge in [-0.15, -0.1) is 0 Å². The number of aliphatic carboxylic acids is 1. The summed E-state index contributed by atoms with van der Waals surface area (Å²) in [7, 11) is 0. The molecule has 0 atom stereocenters. The molecule has 5 nitrogen and oxygen atoms in total. The van der Waals surface area contributed by atoms with Crippen molar-refractivity contribution in [3.63, 3.8) is 0 Å². The first kappa shape index (κ1) is 33.4. The Balaban J connectivity index is 0.000000408. The van der Waals surface area contributed by atoms with Crippen LogP contribution in [0.15, 0.2) is 66.7 Å². The van der Waals surface area contributed by atoms with Crippen molar-refractivity contribution in [1.82, 2.24) is 4.90 Å². The van der Waals surface area contributed by atoms with Gasteiger partial charge in [0.15, 0.2) is 0 Å². The number of hydrogen-bond acceptors (Lipinski definition) is 3. The number of nitrogens with zero attached hydrogens (tertiary/aromatic N) is 1. The maximum atomic E-state index is 13.8. The molecule has 220 valence electrons. The predicted molar refractivity (Wildman–Crippen MR) is 166 cm³/mol. The summed E-state index contributed by atoms with van der Waals surface area (Å²) in [6.07, 6.45) is 3.17. The van der Waals surface area contributed by atoms with E-state index in [0.717, 1.165) is 36.0 Å². The maximum absolute atomic E-state index is 13.8. The van der Waals surface area contributed by atoms with Gasteiger partial charge in [-0.25, -0.2) is 4.39 Å². The Kier molecular flexibility index (Phi) is 12.9. The van der Waals surface area contributed by atoms with Crippen LogP contribution in [0.2, 0.25) is 0 Å². The first-order valence-corrected chi connectivity index (χ1v) is 14.5. The van der Waals surface area contributed by atoms with E-state index in [-0.39, 0.29) is 23.3 Å². The lowest BCUT2D eigenvalue weighted by molar-refractivity contribution is -0.136. The van der Waals surface area contributed by atoms with E-state index in [1.807, 2.05) is 31.2 Å². The van der Waals surface area contributed by atoms with Gasteiger partial charge in [0.25, 0.3) is 0 Å². The Morgan fingerprint density at radius 3 is 2.12 bits per heavy atom. The Bertz CT molecular complexity index is 1310. The van der Waals surface area contributed by atoms with Gasteiger partial charge in [0, 0.05) is 19.4 Å². The number of amides is 1. The first-order chi connectivity index (χ1) is 19.4. The zero-order chi connectivity index (χ0) is 30.6. The molecule has 3 aromatic rings. The minimum atomic E-state index is -1.07. The number of rotatable bonds is 10. The van der Waals surface area contributed by atoms with Crippen molar-refractivity contribution in [3.8, 4) is 11.1 Å². The van der Waals surface area contributed by atoms with Gasteiger partial charge >= 0.3 is 5.97 Å². The molecule has 3 rings (SSSR count). The summed E-state index contributed by atoms with van der Waals surface area (Å²) in [5, 5.41) is 17.1. The lowest BCUT2D eigenvalue weighted by Gasteiger charge is -2.21. The van der Waals surface area contributed by atoms with Gasteiger partial charge in [-0.2, -0.15) is 0 Å². The molecular formula is C35H45FN2O3. The van der Waals surface area contributed by atoms with Gasteiger partial charge in [0.2, 0.25) is 5.91 Å². The second-order valence-corrected chi connectivity index (χ2v) is 11.2. The SMILES string of the molecule is CCC(=O)N(CC)C(=N)CCCc1cccc(-c2ccc(F)c(CC(=O)O)c2)c1.CCc1ccc(C(C)(C)C)cc1. The molecule has 6 heteroatoms. The van der Waals surface area contributed by atoms with E-state index in [1.54, 1.807) is 19.1 Å². The van der Waals surface area contributed by atoms with Gasteiger partial charge in [0.05, 0.1) is 6.42 Å². The minimum Gasteiger partial charge on any atom is -0.481 e. The summed E-state index contributed by atoms with van der Waals surface area (Å²) in [6.45, 7) is 13.1. The molecule has 0 saturated heterocycles. The van der Waals surface area contributed by atoms with Crippen LogP contribution in [0.5, 0.6) is 0 Å². The van der Waals surface area contributed by atoms with E-state index < -0.39 is 11.8 Å². The van der Waals surface area contributed by atoms with Crippen molar-refractivity contribution in [2.75, 3.05) is 6.54 Å². The fourth-order valence-electron chi connectivity index (χ4n) is 4.50. The molecule has 1 amide bonds. The van der Waals surface area contributed by atoms with Crippen LogP contribution < -0.4 is 0 Å². The number of nitrogens with one attached hydrogen (secondary N) is 1. The first-order valence-electron chi connectivity index (χ1n) is 14.5. The maximum Gasteiger partial charge on any atom is 0.307 e. The van der Waals surface area contributed by atoms with E-state index in [0.29, 0.717) is 25.2 Å². The monoisotopic (exact) mass is 560 g/mol. The Labute approximate surface area is 244 Å². The largest absolute Gasteiger partial charge is 0.481 e. The smallest absolute Gasteiger partial charge is 0.307 e. The van der Waals surface area contributed by atoms with Crippen LogP contribution in [0.4, 0.5) is 4.39 Å². The van der Waals surface area contributed by atoms with Gasteiger partial charge in [-0.3, -0.25) is 15.0 Å². The average Bonchev–Trinajstić information content (AvgIpc) is 2.94. The van der Waals surface area contributed by atoms with Gasteiger partial charge < -0.3 is 10.0 Å². The summed E-state index contributed by atoms with van der Waals surface area (Å²) < 4.78 is 13.8. The van der Waals surface area contributed by atoms with Gasteiger partial charge in [-0.05, 0) is 77.1 Å². The second kappa shape index (κ2) is 15.8. The topological polar surface area (TPSA) is 81.5 Å². The van der Waals surface area contributed by atoms with E-state index in [9.17, 15) is 14.0 Å². The molecule has 3 aromatic carbocycles. The molecular weight excluding hydrogens is 515 g/mol. The summed E-state index contributed by atoms with van der Waals surface area (Å²) in [5.74, 6) is -1.28. The molecule has 41 heavy (non-hydrogen) atoms. The molecule has 0 aromatic heterocycles. The van der Waals surface area contributed by atoms with Crippen molar-refractivity contribution < 1.29 is 19.1 Å². The number of carboxylic acids is 1. The normalized spacial score (nSPS) is 10.9. The molecule has 2 N–H and O–H groups in total. The number of amidine groups is 1. The molecule has 0 aliphatic carbocycles. The fourth-order valence-corrected chi connectivity index (χ4v) is 4.50. The second-order valence-electron chi connectivity index (χ2n) is 11.2. The van der Waals surface area contributed by atoms with Gasteiger partial charge in [0.1, 0.15) is 11.7 Å². The van der Waals surface area contributed by atoms with Crippen LogP contribution in [-0.2, 0) is 34.3 Å². The highest BCUT2D eigenvalue weighted by Gasteiger charge is 2.15. The Hall–Kier alpha value is -3.80. The van der Waals surface area contributed by atoms with Crippen molar-refractivity contribution in [2.24, 2.45) is 0 Å². The van der Waals surface area contributed by atoms with Crippen LogP contribution in [0.3, 0.4) is 0 Å². The standard InChI is InChI=1S/C23H27FN2O3.C12H18/c1-3-22(27)26(4-2)21(25)10-6-8-16-7-5-9-17(13-16)18-11-12-20(24)19(14-18)15-23(28)29;1-5-10-6-8-11(9-7-10)12(2,3)4/h5,7,9,11-14,25H,3-4,6,8,10,15H2,1-2H3,(H,28,29);6-9H,5H2,1-4H3. The quantitative estimate of drug-likeness (QED) is 0.194.